The van der Waals surface area contributed by atoms with Crippen LogP contribution in [0.5, 0.6) is 0 Å². The Morgan fingerprint density at radius 3 is 1.50 bits per heavy atom. The van der Waals surface area contributed by atoms with Crippen LogP contribution in [0.2, 0.25) is 0 Å². The quantitative estimate of drug-likeness (QED) is 0.268. The lowest BCUT2D eigenvalue weighted by Crippen LogP contribution is -1.93. The van der Waals surface area contributed by atoms with Gasteiger partial charge in [0.2, 0.25) is 0 Å². The minimum Gasteiger partial charge on any atom is -0.355 e. The summed E-state index contributed by atoms with van der Waals surface area (Å²) in [4.78, 5) is 12.2. The molecule has 0 fully saturated rings. The number of allylic oxidation sites excluding steroid dienone is 2. The minimum absolute atomic E-state index is 1.10. The molecule has 154 valence electrons. The zero-order valence-corrected chi connectivity index (χ0v) is 17.8. The zero-order valence-electron chi connectivity index (χ0n) is 17.8. The fraction of sp³-hybridized carbons (Fsp3) is 0.138. The van der Waals surface area contributed by atoms with E-state index in [-0.39, 0.29) is 0 Å². The summed E-state index contributed by atoms with van der Waals surface area (Å²) in [6, 6.07) is 28.5. The van der Waals surface area contributed by atoms with Crippen LogP contribution >= 0.6 is 0 Å². The van der Waals surface area contributed by atoms with Gasteiger partial charge in [0.15, 0.2) is 0 Å². The third-order valence-corrected chi connectivity index (χ3v) is 6.86. The minimum atomic E-state index is 1.10. The Kier molecular flexibility index (Phi) is 3.80. The van der Waals surface area contributed by atoms with Gasteiger partial charge in [-0.25, -0.2) is 4.98 Å². The highest BCUT2D eigenvalue weighted by molar-refractivity contribution is 5.95. The molecule has 32 heavy (non-hydrogen) atoms. The van der Waals surface area contributed by atoms with Crippen LogP contribution in [0.25, 0.3) is 55.5 Å². The fourth-order valence-corrected chi connectivity index (χ4v) is 5.35. The molecule has 2 N–H and O–H groups in total. The molecule has 8 bridgehead atoms. The number of fused-ring (bicyclic) bond motifs is 13. The lowest BCUT2D eigenvalue weighted by molar-refractivity contribution is 0.756. The van der Waals surface area contributed by atoms with E-state index in [1.807, 2.05) is 0 Å². The van der Waals surface area contributed by atoms with Gasteiger partial charge in [0, 0.05) is 22.1 Å². The Balaban J connectivity index is 1.57. The van der Waals surface area contributed by atoms with Crippen LogP contribution in [0.4, 0.5) is 0 Å². The number of benzene rings is 1. The van der Waals surface area contributed by atoms with Crippen molar-refractivity contribution in [2.75, 3.05) is 0 Å². The van der Waals surface area contributed by atoms with Crippen molar-refractivity contribution in [2.24, 2.45) is 0 Å². The SMILES string of the molecule is c1ccc2c(c1)-c1cc-2cc2ccc(cc3nc(cc4ccc(c1)[nH]4)C1=C3CCCC1)[nH]2. The molecule has 0 unspecified atom stereocenters. The largest absolute Gasteiger partial charge is 0.355 e. The molecule has 3 nitrogen and oxygen atoms in total. The molecule has 3 aliphatic rings. The van der Waals surface area contributed by atoms with Gasteiger partial charge < -0.3 is 9.97 Å². The van der Waals surface area contributed by atoms with Gasteiger partial charge in [-0.2, -0.15) is 0 Å². The van der Waals surface area contributed by atoms with Crippen LogP contribution in [-0.2, 0) is 0 Å². The molecular formula is C29H23N3. The van der Waals surface area contributed by atoms with E-state index < -0.39 is 0 Å². The van der Waals surface area contributed by atoms with E-state index >= 15 is 0 Å². The summed E-state index contributed by atoms with van der Waals surface area (Å²) >= 11 is 0. The summed E-state index contributed by atoms with van der Waals surface area (Å²) < 4.78 is 0. The smallest absolute Gasteiger partial charge is 0.0693 e. The van der Waals surface area contributed by atoms with Crippen LogP contribution in [0, 0.1) is 0 Å². The summed E-state index contributed by atoms with van der Waals surface area (Å²) in [7, 11) is 0. The second kappa shape index (κ2) is 6.83. The Bertz CT molecular complexity index is 1470. The Morgan fingerprint density at radius 1 is 0.531 bits per heavy atom. The summed E-state index contributed by atoms with van der Waals surface area (Å²) in [5.41, 5.74) is 14.5. The third-order valence-electron chi connectivity index (χ3n) is 6.86. The molecule has 0 atom stereocenters. The highest BCUT2D eigenvalue weighted by Crippen LogP contribution is 2.41. The van der Waals surface area contributed by atoms with Gasteiger partial charge in [0.05, 0.1) is 11.4 Å². The molecule has 0 saturated heterocycles. The van der Waals surface area contributed by atoms with E-state index in [2.05, 4.69) is 88.8 Å². The Morgan fingerprint density at radius 2 is 1.00 bits per heavy atom. The van der Waals surface area contributed by atoms with Gasteiger partial charge >= 0.3 is 0 Å². The summed E-state index contributed by atoms with van der Waals surface area (Å²) in [6.45, 7) is 0. The summed E-state index contributed by atoms with van der Waals surface area (Å²) in [5.74, 6) is 0. The predicted octanol–water partition coefficient (Wildman–Crippen LogP) is 7.74. The molecule has 2 aliphatic carbocycles. The fourth-order valence-electron chi connectivity index (χ4n) is 5.35. The van der Waals surface area contributed by atoms with Crippen molar-refractivity contribution >= 4 is 33.2 Å². The van der Waals surface area contributed by atoms with Crippen LogP contribution in [0.3, 0.4) is 0 Å². The maximum Gasteiger partial charge on any atom is 0.0693 e. The monoisotopic (exact) mass is 413 g/mol. The maximum atomic E-state index is 5.07. The summed E-state index contributed by atoms with van der Waals surface area (Å²) in [5, 5.41) is 0. The lowest BCUT2D eigenvalue weighted by atomic mass is 9.90. The van der Waals surface area contributed by atoms with Crippen LogP contribution in [0.15, 0.2) is 78.9 Å². The number of H-pyrrole nitrogens is 2. The van der Waals surface area contributed by atoms with Gasteiger partial charge in [-0.15, -0.1) is 0 Å². The van der Waals surface area contributed by atoms with Gasteiger partial charge in [0.25, 0.3) is 0 Å². The number of aromatic amines is 2. The Labute approximate surface area is 186 Å². The van der Waals surface area contributed by atoms with Crippen molar-refractivity contribution in [2.45, 2.75) is 25.7 Å². The average molecular weight is 414 g/mol. The Hall–Kier alpha value is -3.85. The molecule has 4 heterocycles. The molecular weight excluding hydrogens is 390 g/mol. The van der Waals surface area contributed by atoms with Crippen molar-refractivity contribution < 1.29 is 0 Å². The van der Waals surface area contributed by atoms with E-state index in [0.717, 1.165) is 46.3 Å². The van der Waals surface area contributed by atoms with Crippen LogP contribution < -0.4 is 0 Å². The van der Waals surface area contributed by atoms with Gasteiger partial charge in [-0.05, 0) is 114 Å². The van der Waals surface area contributed by atoms with E-state index in [9.17, 15) is 0 Å². The standard InChI is InChI=1S/C29H23N3/c1-2-6-25-19-13-18(24(25)5-1)14-20-9-11-22(30-20)16-28-26-7-3-4-8-27(26)29(32-28)17-23-12-10-21(15-19)31-23/h1-2,5-6,9-17,30-31H,3-4,7-8H2. The van der Waals surface area contributed by atoms with E-state index in [4.69, 9.17) is 4.98 Å². The predicted molar refractivity (Wildman–Crippen MR) is 133 cm³/mol. The summed E-state index contributed by atoms with van der Waals surface area (Å²) in [6.07, 6.45) is 4.73. The molecule has 1 aliphatic heterocycles. The van der Waals surface area contributed by atoms with Crippen LogP contribution in [0.1, 0.15) is 37.1 Å². The van der Waals surface area contributed by atoms with E-state index in [1.54, 1.807) is 0 Å². The topological polar surface area (TPSA) is 44.5 Å². The third kappa shape index (κ3) is 2.85. The molecule has 3 aromatic heterocycles. The average Bonchev–Trinajstić information content (AvgIpc) is 3.58. The second-order valence-electron chi connectivity index (χ2n) is 8.96. The number of nitrogens with one attached hydrogen (secondary N) is 2. The van der Waals surface area contributed by atoms with Crippen LogP contribution in [-0.4, -0.2) is 15.0 Å². The van der Waals surface area contributed by atoms with E-state index in [1.165, 1.54) is 46.2 Å². The molecule has 7 rings (SSSR count). The molecule has 0 radical (unpaired) electrons. The van der Waals surface area contributed by atoms with Gasteiger partial charge in [0.1, 0.15) is 0 Å². The van der Waals surface area contributed by atoms with Crippen molar-refractivity contribution in [1.29, 1.82) is 0 Å². The number of nitrogens with zero attached hydrogens (tertiary/aromatic N) is 1. The first-order valence-electron chi connectivity index (χ1n) is 11.4. The number of hydrogen-bond donors (Lipinski definition) is 2. The first kappa shape index (κ1) is 17.8. The number of rotatable bonds is 0. The molecule has 1 aromatic carbocycles. The van der Waals surface area contributed by atoms with Crippen molar-refractivity contribution in [3.05, 3.63) is 90.3 Å². The first-order chi connectivity index (χ1) is 15.8. The second-order valence-corrected chi connectivity index (χ2v) is 8.96. The maximum absolute atomic E-state index is 5.07. The number of aromatic nitrogens is 3. The lowest BCUT2D eigenvalue weighted by Gasteiger charge is -2.13. The van der Waals surface area contributed by atoms with Crippen molar-refractivity contribution in [3.8, 4) is 22.3 Å². The molecule has 4 aromatic rings. The molecule has 0 amide bonds. The molecule has 3 heteroatoms. The zero-order chi connectivity index (χ0) is 21.1. The van der Waals surface area contributed by atoms with Crippen molar-refractivity contribution in [1.82, 2.24) is 15.0 Å². The van der Waals surface area contributed by atoms with Gasteiger partial charge in [-0.1, -0.05) is 24.3 Å². The molecule has 0 spiro atoms. The van der Waals surface area contributed by atoms with Crippen molar-refractivity contribution in [3.63, 3.8) is 0 Å². The highest BCUT2D eigenvalue weighted by Gasteiger charge is 2.22. The highest BCUT2D eigenvalue weighted by atomic mass is 14.8. The first-order valence-corrected chi connectivity index (χ1v) is 11.4. The molecule has 0 saturated carbocycles. The van der Waals surface area contributed by atoms with Gasteiger partial charge in [-0.3, -0.25) is 0 Å². The normalized spacial score (nSPS) is 14.9. The van der Waals surface area contributed by atoms with E-state index in [0.29, 0.717) is 0 Å². The number of hydrogen-bond acceptors (Lipinski definition) is 1.